The predicted octanol–water partition coefficient (Wildman–Crippen LogP) is -0.734. The standard InChI is InChI=1S/C10H21N3O3S/c1-9(7-11)17(15,16)12-8-10(14)13-5-3-2-4-6-13/h9,12H,2-8,11H2,1H3. The lowest BCUT2D eigenvalue weighted by atomic mass is 10.1. The number of nitrogens with zero attached hydrogens (tertiary/aromatic N) is 1. The zero-order chi connectivity index (χ0) is 12.9. The van der Waals surface area contributed by atoms with Crippen LogP contribution in [-0.4, -0.2) is 50.7 Å². The Balaban J connectivity index is 2.42. The second-order valence-electron chi connectivity index (χ2n) is 4.35. The smallest absolute Gasteiger partial charge is 0.237 e. The van der Waals surface area contributed by atoms with Crippen LogP contribution in [0.2, 0.25) is 0 Å². The van der Waals surface area contributed by atoms with Crippen LogP contribution >= 0.6 is 0 Å². The van der Waals surface area contributed by atoms with Gasteiger partial charge in [0.05, 0.1) is 11.8 Å². The summed E-state index contributed by atoms with van der Waals surface area (Å²) in [6, 6.07) is 0. The Kier molecular flexibility index (Phi) is 5.35. The predicted molar refractivity (Wildman–Crippen MR) is 65.9 cm³/mol. The summed E-state index contributed by atoms with van der Waals surface area (Å²) in [6.45, 7) is 2.87. The van der Waals surface area contributed by atoms with Gasteiger partial charge in [0.1, 0.15) is 0 Å². The summed E-state index contributed by atoms with van der Waals surface area (Å²) in [4.78, 5) is 13.4. The third kappa shape index (κ3) is 4.25. The van der Waals surface area contributed by atoms with Gasteiger partial charge in [0, 0.05) is 19.6 Å². The first-order valence-electron chi connectivity index (χ1n) is 5.93. The summed E-state index contributed by atoms with van der Waals surface area (Å²) < 4.78 is 25.5. The average molecular weight is 263 g/mol. The van der Waals surface area contributed by atoms with Crippen molar-refractivity contribution in [3.8, 4) is 0 Å². The Morgan fingerprint density at radius 3 is 2.47 bits per heavy atom. The highest BCUT2D eigenvalue weighted by molar-refractivity contribution is 7.90. The monoisotopic (exact) mass is 263 g/mol. The molecule has 1 aliphatic rings. The van der Waals surface area contributed by atoms with E-state index in [2.05, 4.69) is 4.72 Å². The van der Waals surface area contributed by atoms with Gasteiger partial charge in [0.15, 0.2) is 0 Å². The molecule has 1 fully saturated rings. The molecule has 17 heavy (non-hydrogen) atoms. The molecule has 0 aliphatic carbocycles. The van der Waals surface area contributed by atoms with Crippen molar-refractivity contribution in [1.82, 2.24) is 9.62 Å². The maximum Gasteiger partial charge on any atom is 0.237 e. The van der Waals surface area contributed by atoms with Gasteiger partial charge in [0.25, 0.3) is 0 Å². The third-order valence-corrected chi connectivity index (χ3v) is 4.79. The minimum Gasteiger partial charge on any atom is -0.342 e. The number of likely N-dealkylation sites (tertiary alicyclic amines) is 1. The van der Waals surface area contributed by atoms with Crippen molar-refractivity contribution in [2.75, 3.05) is 26.2 Å². The summed E-state index contributed by atoms with van der Waals surface area (Å²) in [5, 5.41) is -0.670. The minimum absolute atomic E-state index is 0.0488. The zero-order valence-electron chi connectivity index (χ0n) is 10.2. The molecule has 1 rings (SSSR count). The molecule has 0 bridgehead atoms. The first-order valence-corrected chi connectivity index (χ1v) is 7.48. The fraction of sp³-hybridized carbons (Fsp3) is 0.900. The van der Waals surface area contributed by atoms with E-state index >= 15 is 0 Å². The van der Waals surface area contributed by atoms with Crippen molar-refractivity contribution in [2.24, 2.45) is 5.73 Å². The van der Waals surface area contributed by atoms with E-state index in [1.54, 1.807) is 4.90 Å². The SMILES string of the molecule is CC(CN)S(=O)(=O)NCC(=O)N1CCCCC1. The van der Waals surface area contributed by atoms with Gasteiger partial charge in [-0.25, -0.2) is 13.1 Å². The van der Waals surface area contributed by atoms with Crippen molar-refractivity contribution >= 4 is 15.9 Å². The van der Waals surface area contributed by atoms with E-state index in [1.807, 2.05) is 0 Å². The van der Waals surface area contributed by atoms with Crippen LogP contribution in [0.4, 0.5) is 0 Å². The molecule has 7 heteroatoms. The number of hydrogen-bond donors (Lipinski definition) is 2. The number of carbonyl (C=O) groups is 1. The van der Waals surface area contributed by atoms with Crippen LogP contribution in [0.3, 0.4) is 0 Å². The van der Waals surface area contributed by atoms with Crippen molar-refractivity contribution in [3.05, 3.63) is 0 Å². The number of nitrogens with one attached hydrogen (secondary N) is 1. The average Bonchev–Trinajstić information content (AvgIpc) is 2.36. The van der Waals surface area contributed by atoms with Gasteiger partial charge in [-0.2, -0.15) is 0 Å². The molecule has 0 aromatic rings. The molecule has 0 aromatic carbocycles. The number of sulfonamides is 1. The largest absolute Gasteiger partial charge is 0.342 e. The van der Waals surface area contributed by atoms with E-state index in [1.165, 1.54) is 6.92 Å². The van der Waals surface area contributed by atoms with E-state index in [4.69, 9.17) is 5.73 Å². The van der Waals surface area contributed by atoms with Gasteiger partial charge in [-0.15, -0.1) is 0 Å². The number of carbonyl (C=O) groups excluding carboxylic acids is 1. The summed E-state index contributed by atoms with van der Waals surface area (Å²) in [6.07, 6.45) is 3.13. The quantitative estimate of drug-likeness (QED) is 0.683. The molecule has 0 saturated carbocycles. The Bertz CT molecular complexity index is 350. The maximum atomic E-state index is 11.7. The fourth-order valence-electron chi connectivity index (χ4n) is 1.69. The molecule has 1 heterocycles. The molecular formula is C10H21N3O3S. The normalized spacial score (nSPS) is 19.1. The van der Waals surface area contributed by atoms with E-state index in [0.29, 0.717) is 0 Å². The molecule has 1 saturated heterocycles. The Labute approximate surface area is 103 Å². The van der Waals surface area contributed by atoms with Crippen LogP contribution in [0.5, 0.6) is 0 Å². The highest BCUT2D eigenvalue weighted by Crippen LogP contribution is 2.08. The summed E-state index contributed by atoms with van der Waals surface area (Å²) in [7, 11) is -3.47. The lowest BCUT2D eigenvalue weighted by molar-refractivity contribution is -0.130. The Hall–Kier alpha value is -0.660. The highest BCUT2D eigenvalue weighted by Gasteiger charge is 2.22. The molecular weight excluding hydrogens is 242 g/mol. The van der Waals surface area contributed by atoms with Crippen LogP contribution in [-0.2, 0) is 14.8 Å². The van der Waals surface area contributed by atoms with Crippen LogP contribution in [0, 0.1) is 0 Å². The van der Waals surface area contributed by atoms with Crippen LogP contribution in [0.1, 0.15) is 26.2 Å². The van der Waals surface area contributed by atoms with E-state index in [-0.39, 0.29) is 19.0 Å². The molecule has 1 unspecified atom stereocenters. The van der Waals surface area contributed by atoms with E-state index in [9.17, 15) is 13.2 Å². The van der Waals surface area contributed by atoms with Gasteiger partial charge >= 0.3 is 0 Å². The first-order chi connectivity index (χ1) is 7.97. The summed E-state index contributed by atoms with van der Waals surface area (Å²) in [5.74, 6) is -0.155. The zero-order valence-corrected chi connectivity index (χ0v) is 11.0. The molecule has 0 spiro atoms. The lowest BCUT2D eigenvalue weighted by Crippen LogP contribution is -2.45. The van der Waals surface area contributed by atoms with Crippen molar-refractivity contribution < 1.29 is 13.2 Å². The topological polar surface area (TPSA) is 92.5 Å². The van der Waals surface area contributed by atoms with E-state index in [0.717, 1.165) is 32.4 Å². The lowest BCUT2D eigenvalue weighted by Gasteiger charge is -2.26. The number of hydrogen-bond acceptors (Lipinski definition) is 4. The van der Waals surface area contributed by atoms with E-state index < -0.39 is 15.3 Å². The third-order valence-electron chi connectivity index (χ3n) is 2.99. The minimum atomic E-state index is -3.47. The molecule has 1 amide bonds. The fourth-order valence-corrected chi connectivity index (χ4v) is 2.55. The van der Waals surface area contributed by atoms with Crippen LogP contribution in [0.15, 0.2) is 0 Å². The van der Waals surface area contributed by atoms with Crippen molar-refractivity contribution in [1.29, 1.82) is 0 Å². The van der Waals surface area contributed by atoms with Gasteiger partial charge in [-0.3, -0.25) is 4.79 Å². The molecule has 100 valence electrons. The Morgan fingerprint density at radius 1 is 1.35 bits per heavy atom. The molecule has 3 N–H and O–H groups in total. The maximum absolute atomic E-state index is 11.7. The number of nitrogens with two attached hydrogens (primary N) is 1. The number of rotatable bonds is 5. The second kappa shape index (κ2) is 6.32. The summed E-state index contributed by atoms with van der Waals surface area (Å²) in [5.41, 5.74) is 5.29. The first kappa shape index (κ1) is 14.4. The molecule has 6 nitrogen and oxygen atoms in total. The summed E-state index contributed by atoms with van der Waals surface area (Å²) >= 11 is 0. The van der Waals surface area contributed by atoms with Crippen LogP contribution < -0.4 is 10.5 Å². The van der Waals surface area contributed by atoms with Gasteiger partial charge in [-0.05, 0) is 26.2 Å². The Morgan fingerprint density at radius 2 is 1.94 bits per heavy atom. The molecule has 0 radical (unpaired) electrons. The van der Waals surface area contributed by atoms with Gasteiger partial charge < -0.3 is 10.6 Å². The second-order valence-corrected chi connectivity index (χ2v) is 6.54. The number of piperidine rings is 1. The number of amides is 1. The van der Waals surface area contributed by atoms with Crippen molar-refractivity contribution in [2.45, 2.75) is 31.4 Å². The molecule has 0 aromatic heterocycles. The van der Waals surface area contributed by atoms with Gasteiger partial charge in [-0.1, -0.05) is 0 Å². The van der Waals surface area contributed by atoms with Crippen LogP contribution in [0.25, 0.3) is 0 Å². The van der Waals surface area contributed by atoms with Crippen molar-refractivity contribution in [3.63, 3.8) is 0 Å². The van der Waals surface area contributed by atoms with Gasteiger partial charge in [0.2, 0.25) is 15.9 Å². The molecule has 1 aliphatic heterocycles. The highest BCUT2D eigenvalue weighted by atomic mass is 32.2. The molecule has 1 atom stereocenters.